The van der Waals surface area contributed by atoms with Crippen LogP contribution >= 0.6 is 0 Å². The van der Waals surface area contributed by atoms with Crippen molar-refractivity contribution in [2.45, 2.75) is 52.1 Å². The standard InChI is InChI=1S/C18H28N2O/c1-14(2)19-18(21)15(3)20-11-9-17(10-12-20)13-16-7-5-4-6-8-16/h4-8,14-15,17H,9-13H2,1-3H3,(H,19,21)/t15-/m0/s1. The fraction of sp³-hybridized carbons (Fsp3) is 0.611. The van der Waals surface area contributed by atoms with Gasteiger partial charge in [0.05, 0.1) is 6.04 Å². The van der Waals surface area contributed by atoms with Crippen LogP contribution in [0.1, 0.15) is 39.2 Å². The van der Waals surface area contributed by atoms with Gasteiger partial charge in [0.1, 0.15) is 0 Å². The van der Waals surface area contributed by atoms with Crippen molar-refractivity contribution >= 4 is 5.91 Å². The molecular weight excluding hydrogens is 260 g/mol. The first-order valence-corrected chi connectivity index (χ1v) is 8.14. The maximum atomic E-state index is 12.1. The van der Waals surface area contributed by atoms with Crippen molar-refractivity contribution in [3.05, 3.63) is 35.9 Å². The van der Waals surface area contributed by atoms with Crippen LogP contribution in [0.3, 0.4) is 0 Å². The number of piperidine rings is 1. The summed E-state index contributed by atoms with van der Waals surface area (Å²) in [6, 6.07) is 10.9. The van der Waals surface area contributed by atoms with Crippen LogP contribution in [-0.4, -0.2) is 36.0 Å². The summed E-state index contributed by atoms with van der Waals surface area (Å²) in [4.78, 5) is 14.4. The molecule has 1 aliphatic rings. The molecule has 0 bridgehead atoms. The summed E-state index contributed by atoms with van der Waals surface area (Å²) in [5, 5.41) is 3.01. The number of nitrogens with one attached hydrogen (secondary N) is 1. The Labute approximate surface area is 128 Å². The van der Waals surface area contributed by atoms with Crippen LogP contribution in [0.5, 0.6) is 0 Å². The lowest BCUT2D eigenvalue weighted by atomic mass is 9.89. The monoisotopic (exact) mass is 288 g/mol. The fourth-order valence-corrected chi connectivity index (χ4v) is 3.06. The molecule has 3 nitrogen and oxygen atoms in total. The van der Waals surface area contributed by atoms with E-state index >= 15 is 0 Å². The van der Waals surface area contributed by atoms with Crippen LogP contribution in [0.15, 0.2) is 30.3 Å². The van der Waals surface area contributed by atoms with E-state index in [0.29, 0.717) is 0 Å². The Hall–Kier alpha value is -1.35. The van der Waals surface area contributed by atoms with Gasteiger partial charge in [0.2, 0.25) is 5.91 Å². The topological polar surface area (TPSA) is 32.3 Å². The lowest BCUT2D eigenvalue weighted by Gasteiger charge is -2.35. The summed E-state index contributed by atoms with van der Waals surface area (Å²) in [5.41, 5.74) is 1.43. The van der Waals surface area contributed by atoms with Gasteiger partial charge < -0.3 is 5.32 Å². The molecule has 0 saturated carbocycles. The van der Waals surface area contributed by atoms with Crippen LogP contribution in [0.2, 0.25) is 0 Å². The molecule has 1 aromatic carbocycles. The number of rotatable bonds is 5. The molecule has 1 atom stereocenters. The average Bonchev–Trinajstić information content (AvgIpc) is 2.47. The maximum Gasteiger partial charge on any atom is 0.237 e. The third-order valence-electron chi connectivity index (χ3n) is 4.37. The largest absolute Gasteiger partial charge is 0.353 e. The molecule has 0 unspecified atom stereocenters. The van der Waals surface area contributed by atoms with Gasteiger partial charge in [-0.15, -0.1) is 0 Å². The summed E-state index contributed by atoms with van der Waals surface area (Å²) in [6.07, 6.45) is 3.55. The van der Waals surface area contributed by atoms with Gasteiger partial charge in [0.25, 0.3) is 0 Å². The van der Waals surface area contributed by atoms with Crippen LogP contribution in [0.4, 0.5) is 0 Å². The van der Waals surface area contributed by atoms with E-state index in [4.69, 9.17) is 0 Å². The molecule has 0 radical (unpaired) electrons. The Bertz CT molecular complexity index is 436. The molecule has 1 saturated heterocycles. The van der Waals surface area contributed by atoms with Gasteiger partial charge >= 0.3 is 0 Å². The highest BCUT2D eigenvalue weighted by molar-refractivity contribution is 5.81. The van der Waals surface area contributed by atoms with Gasteiger partial charge in [0.15, 0.2) is 0 Å². The second-order valence-electron chi connectivity index (χ2n) is 6.51. The molecule has 2 rings (SSSR count). The minimum atomic E-state index is -0.00919. The first-order chi connectivity index (χ1) is 10.1. The molecule has 1 aromatic rings. The predicted octanol–water partition coefficient (Wildman–Crippen LogP) is 2.85. The maximum absolute atomic E-state index is 12.1. The highest BCUT2D eigenvalue weighted by Crippen LogP contribution is 2.22. The van der Waals surface area contributed by atoms with Crippen molar-refractivity contribution in [1.82, 2.24) is 10.2 Å². The number of likely N-dealkylation sites (tertiary alicyclic amines) is 1. The summed E-state index contributed by atoms with van der Waals surface area (Å²) >= 11 is 0. The van der Waals surface area contributed by atoms with E-state index in [0.717, 1.165) is 19.0 Å². The van der Waals surface area contributed by atoms with E-state index in [1.807, 2.05) is 20.8 Å². The summed E-state index contributed by atoms with van der Waals surface area (Å²) < 4.78 is 0. The number of amides is 1. The molecule has 21 heavy (non-hydrogen) atoms. The zero-order chi connectivity index (χ0) is 15.2. The van der Waals surface area contributed by atoms with Gasteiger partial charge in [-0.1, -0.05) is 30.3 Å². The van der Waals surface area contributed by atoms with Crippen LogP contribution in [0, 0.1) is 5.92 Å². The van der Waals surface area contributed by atoms with E-state index < -0.39 is 0 Å². The molecule has 116 valence electrons. The third kappa shape index (κ3) is 4.85. The highest BCUT2D eigenvalue weighted by atomic mass is 16.2. The van der Waals surface area contributed by atoms with E-state index in [1.54, 1.807) is 0 Å². The number of carbonyl (C=O) groups excluding carboxylic acids is 1. The third-order valence-corrected chi connectivity index (χ3v) is 4.37. The smallest absolute Gasteiger partial charge is 0.237 e. The first-order valence-electron chi connectivity index (χ1n) is 8.14. The van der Waals surface area contributed by atoms with Crippen molar-refractivity contribution in [1.29, 1.82) is 0 Å². The van der Waals surface area contributed by atoms with E-state index in [-0.39, 0.29) is 18.0 Å². The summed E-state index contributed by atoms with van der Waals surface area (Å²) in [7, 11) is 0. The van der Waals surface area contributed by atoms with E-state index in [2.05, 4.69) is 40.5 Å². The summed E-state index contributed by atoms with van der Waals surface area (Å²) in [5.74, 6) is 0.913. The van der Waals surface area contributed by atoms with Crippen LogP contribution in [0.25, 0.3) is 0 Å². The Balaban J connectivity index is 1.79. The highest BCUT2D eigenvalue weighted by Gasteiger charge is 2.26. The normalized spacial score (nSPS) is 18.7. The molecule has 3 heteroatoms. The molecule has 1 aliphatic heterocycles. The van der Waals surface area contributed by atoms with Gasteiger partial charge in [-0.2, -0.15) is 0 Å². The van der Waals surface area contributed by atoms with E-state index in [1.165, 1.54) is 24.8 Å². The molecule has 1 fully saturated rings. The molecule has 0 aromatic heterocycles. The molecule has 1 amide bonds. The van der Waals surface area contributed by atoms with Crippen LogP contribution in [-0.2, 0) is 11.2 Å². The first kappa shape index (κ1) is 16.0. The predicted molar refractivity (Wildman–Crippen MR) is 87.2 cm³/mol. The zero-order valence-electron chi connectivity index (χ0n) is 13.5. The molecule has 1 heterocycles. The SMILES string of the molecule is CC(C)NC(=O)[C@H](C)N1CCC(Cc2ccccc2)CC1. The fourth-order valence-electron chi connectivity index (χ4n) is 3.06. The van der Waals surface area contributed by atoms with Crippen molar-refractivity contribution in [2.75, 3.05) is 13.1 Å². The molecule has 0 spiro atoms. The number of nitrogens with zero attached hydrogens (tertiary/aromatic N) is 1. The van der Waals surface area contributed by atoms with Gasteiger partial charge in [-0.05, 0) is 64.6 Å². The summed E-state index contributed by atoms with van der Waals surface area (Å²) in [6.45, 7) is 8.11. The molecule has 0 aliphatic carbocycles. The van der Waals surface area contributed by atoms with Crippen molar-refractivity contribution in [3.8, 4) is 0 Å². The number of carbonyl (C=O) groups is 1. The second kappa shape index (κ2) is 7.60. The zero-order valence-corrected chi connectivity index (χ0v) is 13.5. The lowest BCUT2D eigenvalue weighted by Crippen LogP contribution is -2.49. The number of hydrogen-bond acceptors (Lipinski definition) is 2. The van der Waals surface area contributed by atoms with Crippen LogP contribution < -0.4 is 5.32 Å². The van der Waals surface area contributed by atoms with Crippen molar-refractivity contribution in [3.63, 3.8) is 0 Å². The quantitative estimate of drug-likeness (QED) is 0.903. The average molecular weight is 288 g/mol. The van der Waals surface area contributed by atoms with Gasteiger partial charge in [-0.3, -0.25) is 9.69 Å². The Morgan fingerprint density at radius 1 is 1.19 bits per heavy atom. The van der Waals surface area contributed by atoms with E-state index in [9.17, 15) is 4.79 Å². The van der Waals surface area contributed by atoms with Crippen molar-refractivity contribution in [2.24, 2.45) is 5.92 Å². The minimum Gasteiger partial charge on any atom is -0.353 e. The lowest BCUT2D eigenvalue weighted by molar-refractivity contribution is -0.126. The number of benzene rings is 1. The van der Waals surface area contributed by atoms with Gasteiger partial charge in [0, 0.05) is 6.04 Å². The molecule has 1 N–H and O–H groups in total. The van der Waals surface area contributed by atoms with Crippen molar-refractivity contribution < 1.29 is 4.79 Å². The minimum absolute atomic E-state index is 0.00919. The van der Waals surface area contributed by atoms with Gasteiger partial charge in [-0.25, -0.2) is 0 Å². The Kier molecular flexibility index (Phi) is 5.80. The number of hydrogen-bond donors (Lipinski definition) is 1. The Morgan fingerprint density at radius 3 is 2.38 bits per heavy atom. The Morgan fingerprint density at radius 2 is 1.81 bits per heavy atom. The molecular formula is C18H28N2O. The second-order valence-corrected chi connectivity index (χ2v) is 6.51.